The molecular weight excluding hydrogens is 204 g/mol. The maximum Gasteiger partial charge on any atom is 0.201 e. The van der Waals surface area contributed by atoms with Crippen molar-refractivity contribution in [2.45, 2.75) is 13.8 Å². The first kappa shape index (κ1) is 12.6. The summed E-state index contributed by atoms with van der Waals surface area (Å²) in [6, 6.07) is 0. The van der Waals surface area contributed by atoms with Crippen molar-refractivity contribution in [1.29, 1.82) is 0 Å². The Morgan fingerprint density at radius 1 is 1.19 bits per heavy atom. The predicted molar refractivity (Wildman–Crippen MR) is 63.0 cm³/mol. The summed E-state index contributed by atoms with van der Waals surface area (Å²) in [5.41, 5.74) is 0.402. The fourth-order valence-corrected chi connectivity index (χ4v) is 1.54. The minimum atomic E-state index is -0.134. The first-order chi connectivity index (χ1) is 7.67. The summed E-state index contributed by atoms with van der Waals surface area (Å²) in [4.78, 5) is 24.7. The molecule has 1 rings (SSSR count). The van der Waals surface area contributed by atoms with E-state index in [1.807, 2.05) is 0 Å². The van der Waals surface area contributed by atoms with Gasteiger partial charge in [-0.05, 0) is 25.2 Å². The van der Waals surface area contributed by atoms with Gasteiger partial charge in [-0.1, -0.05) is 13.8 Å². The predicted octanol–water partition coefficient (Wildman–Crippen LogP) is 0.510. The average Bonchev–Trinajstić information content (AvgIpc) is 2.29. The van der Waals surface area contributed by atoms with Gasteiger partial charge in [0.25, 0.3) is 0 Å². The number of hydrogen-bond acceptors (Lipinski definition) is 4. The molecule has 0 atom stereocenters. The Morgan fingerprint density at radius 3 is 2.50 bits per heavy atom. The number of ketones is 2. The Hall–Kier alpha value is -1.42. The lowest BCUT2D eigenvalue weighted by molar-refractivity contribution is -0.114. The van der Waals surface area contributed by atoms with Gasteiger partial charge in [0.15, 0.2) is 5.78 Å². The van der Waals surface area contributed by atoms with E-state index in [4.69, 9.17) is 0 Å². The number of nitrogens with one attached hydrogen (secondary N) is 1. The van der Waals surface area contributed by atoms with Gasteiger partial charge in [0.05, 0.1) is 5.70 Å². The van der Waals surface area contributed by atoms with Crippen LogP contribution < -0.4 is 5.32 Å². The number of rotatable bonds is 6. The third-order valence-electron chi connectivity index (χ3n) is 2.59. The molecule has 0 aromatic heterocycles. The molecule has 4 nitrogen and oxygen atoms in total. The van der Waals surface area contributed by atoms with Crippen molar-refractivity contribution in [3.05, 3.63) is 23.9 Å². The zero-order valence-electron chi connectivity index (χ0n) is 9.82. The van der Waals surface area contributed by atoms with E-state index in [1.165, 1.54) is 18.2 Å². The molecule has 0 unspecified atom stereocenters. The normalized spacial score (nSPS) is 15.6. The molecule has 88 valence electrons. The van der Waals surface area contributed by atoms with Crippen molar-refractivity contribution in [2.75, 3.05) is 26.2 Å². The van der Waals surface area contributed by atoms with Crippen LogP contribution in [0.15, 0.2) is 23.9 Å². The summed E-state index contributed by atoms with van der Waals surface area (Å²) in [6.45, 7) is 7.73. The molecule has 4 heteroatoms. The van der Waals surface area contributed by atoms with Crippen LogP contribution in [0.25, 0.3) is 0 Å². The van der Waals surface area contributed by atoms with Gasteiger partial charge < -0.3 is 10.2 Å². The molecule has 0 aromatic carbocycles. The summed E-state index contributed by atoms with van der Waals surface area (Å²) < 4.78 is 0. The molecule has 0 amide bonds. The van der Waals surface area contributed by atoms with E-state index in [0.717, 1.165) is 19.6 Å². The van der Waals surface area contributed by atoms with Gasteiger partial charge in [-0.2, -0.15) is 0 Å². The fraction of sp³-hybridized carbons (Fsp3) is 0.500. The lowest BCUT2D eigenvalue weighted by Crippen LogP contribution is -2.33. The second kappa shape index (κ2) is 6.23. The van der Waals surface area contributed by atoms with Gasteiger partial charge in [0.1, 0.15) is 0 Å². The molecule has 0 spiro atoms. The lowest BCUT2D eigenvalue weighted by Gasteiger charge is -2.19. The number of allylic oxidation sites excluding steroid dienone is 3. The van der Waals surface area contributed by atoms with Crippen LogP contribution in [-0.4, -0.2) is 42.6 Å². The van der Waals surface area contributed by atoms with Gasteiger partial charge in [-0.25, -0.2) is 0 Å². The van der Waals surface area contributed by atoms with Crippen molar-refractivity contribution in [1.82, 2.24) is 10.2 Å². The molecule has 0 fully saturated rings. The lowest BCUT2D eigenvalue weighted by atomic mass is 10.1. The van der Waals surface area contributed by atoms with Crippen molar-refractivity contribution < 1.29 is 9.59 Å². The molecule has 0 radical (unpaired) electrons. The molecule has 1 N–H and O–H groups in total. The Balaban J connectivity index is 2.38. The number of likely N-dealkylation sites (N-methyl/N-ethyl adjacent to an activating group) is 1. The molecular formula is C12H18N2O2. The van der Waals surface area contributed by atoms with Crippen molar-refractivity contribution >= 4 is 11.6 Å². The maximum absolute atomic E-state index is 11.4. The molecule has 1 aliphatic rings. The van der Waals surface area contributed by atoms with E-state index in [1.54, 1.807) is 0 Å². The fourth-order valence-electron chi connectivity index (χ4n) is 1.54. The molecule has 0 heterocycles. The highest BCUT2D eigenvalue weighted by molar-refractivity contribution is 6.16. The molecule has 16 heavy (non-hydrogen) atoms. The standard InChI is InChI=1S/C12H18N2O2/c1-3-14(4-2)8-7-13-11-9-10(15)5-6-12(11)16/h5-6,9,13H,3-4,7-8H2,1-2H3. The third kappa shape index (κ3) is 3.62. The summed E-state index contributed by atoms with van der Waals surface area (Å²) in [5.74, 6) is -0.260. The molecule has 0 aromatic rings. The van der Waals surface area contributed by atoms with Crippen LogP contribution in [0, 0.1) is 0 Å². The first-order valence-electron chi connectivity index (χ1n) is 5.61. The zero-order valence-corrected chi connectivity index (χ0v) is 9.82. The molecule has 0 saturated heterocycles. The van der Waals surface area contributed by atoms with Gasteiger partial charge in [-0.3, -0.25) is 9.59 Å². The van der Waals surface area contributed by atoms with E-state index in [-0.39, 0.29) is 11.6 Å². The van der Waals surface area contributed by atoms with E-state index >= 15 is 0 Å². The molecule has 1 aliphatic carbocycles. The highest BCUT2D eigenvalue weighted by Crippen LogP contribution is 2.01. The monoisotopic (exact) mass is 222 g/mol. The number of hydrogen-bond donors (Lipinski definition) is 1. The Labute approximate surface area is 96.0 Å². The van der Waals surface area contributed by atoms with E-state index in [2.05, 4.69) is 24.1 Å². The quantitative estimate of drug-likeness (QED) is 0.665. The highest BCUT2D eigenvalue weighted by atomic mass is 16.1. The number of carbonyl (C=O) groups is 2. The zero-order chi connectivity index (χ0) is 12.0. The van der Waals surface area contributed by atoms with Crippen LogP contribution in [0.1, 0.15) is 13.8 Å². The number of carbonyl (C=O) groups excluding carboxylic acids is 2. The van der Waals surface area contributed by atoms with E-state index in [9.17, 15) is 9.59 Å². The van der Waals surface area contributed by atoms with Crippen LogP contribution in [0.2, 0.25) is 0 Å². The summed E-state index contributed by atoms with van der Waals surface area (Å²) in [7, 11) is 0. The van der Waals surface area contributed by atoms with Crippen molar-refractivity contribution in [2.24, 2.45) is 0 Å². The third-order valence-corrected chi connectivity index (χ3v) is 2.59. The maximum atomic E-state index is 11.4. The summed E-state index contributed by atoms with van der Waals surface area (Å²) in [6.07, 6.45) is 3.95. The summed E-state index contributed by atoms with van der Waals surface area (Å²) in [5, 5.41) is 3.00. The number of nitrogens with zero attached hydrogens (tertiary/aromatic N) is 1. The van der Waals surface area contributed by atoms with Gasteiger partial charge in [-0.15, -0.1) is 0 Å². The smallest absolute Gasteiger partial charge is 0.201 e. The topological polar surface area (TPSA) is 49.4 Å². The van der Waals surface area contributed by atoms with Gasteiger partial charge in [0.2, 0.25) is 5.78 Å². The largest absolute Gasteiger partial charge is 0.380 e. The van der Waals surface area contributed by atoms with Crippen molar-refractivity contribution in [3.8, 4) is 0 Å². The first-order valence-corrected chi connectivity index (χ1v) is 5.61. The van der Waals surface area contributed by atoms with Crippen LogP contribution >= 0.6 is 0 Å². The second-order valence-corrected chi connectivity index (χ2v) is 3.61. The van der Waals surface area contributed by atoms with Crippen molar-refractivity contribution in [3.63, 3.8) is 0 Å². The highest BCUT2D eigenvalue weighted by Gasteiger charge is 2.12. The average molecular weight is 222 g/mol. The molecule has 0 saturated carbocycles. The Morgan fingerprint density at radius 2 is 1.88 bits per heavy atom. The van der Waals surface area contributed by atoms with Crippen LogP contribution in [0.5, 0.6) is 0 Å². The van der Waals surface area contributed by atoms with Crippen LogP contribution in [-0.2, 0) is 9.59 Å². The van der Waals surface area contributed by atoms with E-state index < -0.39 is 0 Å². The minimum absolute atomic E-state index is 0.126. The van der Waals surface area contributed by atoms with Crippen LogP contribution in [0.3, 0.4) is 0 Å². The Bertz CT molecular complexity index is 328. The second-order valence-electron chi connectivity index (χ2n) is 3.61. The SMILES string of the molecule is CCN(CC)CCNC1=CC(=O)C=CC1=O. The summed E-state index contributed by atoms with van der Waals surface area (Å²) >= 11 is 0. The van der Waals surface area contributed by atoms with E-state index in [0.29, 0.717) is 12.2 Å². The van der Waals surface area contributed by atoms with Gasteiger partial charge in [0, 0.05) is 19.2 Å². The minimum Gasteiger partial charge on any atom is -0.380 e. The van der Waals surface area contributed by atoms with Gasteiger partial charge >= 0.3 is 0 Å². The Kier molecular flexibility index (Phi) is 4.92. The molecule has 0 bridgehead atoms. The van der Waals surface area contributed by atoms with Crippen LogP contribution in [0.4, 0.5) is 0 Å². The molecule has 0 aliphatic heterocycles.